The molecule has 0 aliphatic rings. The van der Waals surface area contributed by atoms with Crippen LogP contribution in [0.3, 0.4) is 0 Å². The van der Waals surface area contributed by atoms with Gasteiger partial charge in [0.1, 0.15) is 16.6 Å². The fourth-order valence-electron chi connectivity index (χ4n) is 2.77. The molecule has 1 unspecified atom stereocenters. The van der Waals surface area contributed by atoms with Gasteiger partial charge in [-0.1, -0.05) is 12.1 Å². The lowest BCUT2D eigenvalue weighted by Crippen LogP contribution is -2.30. The molecule has 1 heterocycles. The molecule has 0 radical (unpaired) electrons. The van der Waals surface area contributed by atoms with Crippen molar-refractivity contribution in [3.05, 3.63) is 71.0 Å². The molecule has 3 rings (SSSR count). The Kier molecular flexibility index (Phi) is 6.01. The lowest BCUT2D eigenvalue weighted by molar-refractivity contribution is 0.246. The Balaban J connectivity index is 1.60. The lowest BCUT2D eigenvalue weighted by atomic mass is 10.1. The molecule has 0 saturated carbocycles. The van der Waals surface area contributed by atoms with Crippen LogP contribution in [0, 0.1) is 5.82 Å². The van der Waals surface area contributed by atoms with E-state index in [-0.39, 0.29) is 5.82 Å². The van der Waals surface area contributed by atoms with Crippen molar-refractivity contribution in [2.75, 3.05) is 14.2 Å². The number of thiazole rings is 1. The fraction of sp³-hybridized carbons (Fsp3) is 0.286. The smallest absolute Gasteiger partial charge is 0.123 e. The molecule has 0 saturated heterocycles. The summed E-state index contributed by atoms with van der Waals surface area (Å²) in [5.74, 6) is 0.656. The summed E-state index contributed by atoms with van der Waals surface area (Å²) in [6, 6.07) is 15.1. The van der Waals surface area contributed by atoms with Crippen molar-refractivity contribution in [1.82, 2.24) is 9.88 Å². The van der Waals surface area contributed by atoms with E-state index < -0.39 is 0 Å². The highest BCUT2D eigenvalue weighted by atomic mass is 32.1. The molecular weight excluding hydrogens is 347 g/mol. The number of rotatable bonds is 7. The van der Waals surface area contributed by atoms with Gasteiger partial charge in [0.05, 0.1) is 12.8 Å². The third kappa shape index (κ3) is 4.68. The van der Waals surface area contributed by atoms with Crippen LogP contribution in [0.25, 0.3) is 10.6 Å². The van der Waals surface area contributed by atoms with E-state index in [1.165, 1.54) is 17.7 Å². The minimum atomic E-state index is -0.224. The monoisotopic (exact) mass is 370 g/mol. The van der Waals surface area contributed by atoms with Crippen LogP contribution >= 0.6 is 11.3 Å². The first-order valence-corrected chi connectivity index (χ1v) is 9.46. The van der Waals surface area contributed by atoms with Crippen molar-refractivity contribution in [2.45, 2.75) is 25.9 Å². The fourth-order valence-corrected chi connectivity index (χ4v) is 3.59. The molecule has 0 aliphatic carbocycles. The molecule has 0 bridgehead atoms. The highest BCUT2D eigenvalue weighted by Gasteiger charge is 2.13. The van der Waals surface area contributed by atoms with E-state index in [4.69, 9.17) is 9.72 Å². The molecule has 0 N–H and O–H groups in total. The normalized spacial score (nSPS) is 12.3. The zero-order chi connectivity index (χ0) is 18.5. The van der Waals surface area contributed by atoms with Crippen LogP contribution in [0.1, 0.15) is 18.2 Å². The molecule has 5 heteroatoms. The van der Waals surface area contributed by atoms with Crippen LogP contribution in [0.15, 0.2) is 53.9 Å². The summed E-state index contributed by atoms with van der Waals surface area (Å²) in [4.78, 5) is 7.00. The second-order valence-corrected chi connectivity index (χ2v) is 7.33. The number of ether oxygens (including phenoxy) is 1. The largest absolute Gasteiger partial charge is 0.497 e. The zero-order valence-electron chi connectivity index (χ0n) is 15.3. The average molecular weight is 370 g/mol. The summed E-state index contributed by atoms with van der Waals surface area (Å²) in [6.07, 6.45) is 0.968. The second-order valence-electron chi connectivity index (χ2n) is 6.47. The van der Waals surface area contributed by atoms with Crippen molar-refractivity contribution in [3.63, 3.8) is 0 Å². The number of methoxy groups -OCH3 is 1. The van der Waals surface area contributed by atoms with Crippen LogP contribution < -0.4 is 4.74 Å². The van der Waals surface area contributed by atoms with Crippen molar-refractivity contribution >= 4 is 11.3 Å². The molecule has 0 aliphatic heterocycles. The topological polar surface area (TPSA) is 25.4 Å². The minimum absolute atomic E-state index is 0.224. The van der Waals surface area contributed by atoms with Crippen molar-refractivity contribution in [3.8, 4) is 16.3 Å². The molecule has 0 fully saturated rings. The molecule has 0 amide bonds. The number of benzene rings is 2. The van der Waals surface area contributed by atoms with Crippen LogP contribution in [-0.4, -0.2) is 30.1 Å². The van der Waals surface area contributed by atoms with E-state index in [0.29, 0.717) is 6.04 Å². The summed E-state index contributed by atoms with van der Waals surface area (Å²) < 4.78 is 18.3. The van der Waals surface area contributed by atoms with Gasteiger partial charge in [0.25, 0.3) is 0 Å². The predicted molar refractivity (Wildman–Crippen MR) is 105 cm³/mol. The Morgan fingerprint density at radius 2 is 1.81 bits per heavy atom. The summed E-state index contributed by atoms with van der Waals surface area (Å²) in [6.45, 7) is 3.01. The minimum Gasteiger partial charge on any atom is -0.497 e. The molecule has 3 nitrogen and oxygen atoms in total. The molecule has 1 atom stereocenters. The van der Waals surface area contributed by atoms with E-state index in [1.54, 1.807) is 30.6 Å². The van der Waals surface area contributed by atoms with Crippen LogP contribution in [0.2, 0.25) is 0 Å². The first-order chi connectivity index (χ1) is 12.5. The Labute approximate surface area is 158 Å². The third-order valence-corrected chi connectivity index (χ3v) is 5.44. The van der Waals surface area contributed by atoms with Gasteiger partial charge < -0.3 is 4.74 Å². The highest BCUT2D eigenvalue weighted by molar-refractivity contribution is 7.13. The van der Waals surface area contributed by atoms with Gasteiger partial charge in [-0.05, 0) is 62.4 Å². The van der Waals surface area contributed by atoms with Gasteiger partial charge in [-0.25, -0.2) is 9.37 Å². The van der Waals surface area contributed by atoms with Crippen molar-refractivity contribution in [2.24, 2.45) is 0 Å². The molecule has 2 aromatic carbocycles. The number of halogens is 1. The Hall–Kier alpha value is -2.24. The van der Waals surface area contributed by atoms with Gasteiger partial charge in [0, 0.05) is 23.5 Å². The van der Waals surface area contributed by atoms with Gasteiger partial charge in [-0.15, -0.1) is 11.3 Å². The summed E-state index contributed by atoms with van der Waals surface area (Å²) >= 11 is 1.60. The number of hydrogen-bond donors (Lipinski definition) is 0. The maximum Gasteiger partial charge on any atom is 0.123 e. The summed E-state index contributed by atoms with van der Waals surface area (Å²) in [7, 11) is 3.80. The van der Waals surface area contributed by atoms with E-state index >= 15 is 0 Å². The van der Waals surface area contributed by atoms with Gasteiger partial charge in [-0.2, -0.15) is 0 Å². The van der Waals surface area contributed by atoms with Gasteiger partial charge in [0.2, 0.25) is 0 Å². The van der Waals surface area contributed by atoms with E-state index in [9.17, 15) is 4.39 Å². The number of aromatic nitrogens is 1. The zero-order valence-corrected chi connectivity index (χ0v) is 16.1. The summed E-state index contributed by atoms with van der Waals surface area (Å²) in [5.41, 5.74) is 3.28. The Morgan fingerprint density at radius 3 is 2.46 bits per heavy atom. The third-order valence-electron chi connectivity index (χ3n) is 4.50. The van der Waals surface area contributed by atoms with Crippen LogP contribution in [0.4, 0.5) is 4.39 Å². The van der Waals surface area contributed by atoms with Gasteiger partial charge >= 0.3 is 0 Å². The van der Waals surface area contributed by atoms with E-state index in [2.05, 4.69) is 36.4 Å². The van der Waals surface area contributed by atoms with Crippen molar-refractivity contribution in [1.29, 1.82) is 0 Å². The molecule has 1 aromatic heterocycles. The number of nitrogens with zero attached hydrogens (tertiary/aromatic N) is 2. The molecule has 0 spiro atoms. The lowest BCUT2D eigenvalue weighted by Gasteiger charge is -2.24. The molecular formula is C21H23FN2OS. The highest BCUT2D eigenvalue weighted by Crippen LogP contribution is 2.25. The van der Waals surface area contributed by atoms with E-state index in [1.807, 2.05) is 12.1 Å². The number of likely N-dealkylation sites (N-methyl/N-ethyl adjacent to an activating group) is 1. The number of hydrogen-bond acceptors (Lipinski definition) is 4. The average Bonchev–Trinajstić information content (AvgIpc) is 3.11. The van der Waals surface area contributed by atoms with E-state index in [0.717, 1.165) is 35.0 Å². The van der Waals surface area contributed by atoms with Gasteiger partial charge in [0.15, 0.2) is 0 Å². The Bertz CT molecular complexity index is 830. The van der Waals surface area contributed by atoms with Crippen LogP contribution in [0.5, 0.6) is 5.75 Å². The first-order valence-electron chi connectivity index (χ1n) is 8.58. The quantitative estimate of drug-likeness (QED) is 0.584. The maximum absolute atomic E-state index is 13.1. The molecule has 26 heavy (non-hydrogen) atoms. The first kappa shape index (κ1) is 18.5. The Morgan fingerprint density at radius 1 is 1.12 bits per heavy atom. The maximum atomic E-state index is 13.1. The SMILES string of the molecule is COc1ccc(CC(C)N(C)Cc2csc(-c3ccc(F)cc3)n2)cc1. The predicted octanol–water partition coefficient (Wildman–Crippen LogP) is 5.02. The van der Waals surface area contributed by atoms with Gasteiger partial charge in [-0.3, -0.25) is 4.90 Å². The molecule has 136 valence electrons. The van der Waals surface area contributed by atoms with Crippen LogP contribution in [-0.2, 0) is 13.0 Å². The standard InChI is InChI=1S/C21H23FN2OS/c1-15(12-16-4-10-20(25-3)11-5-16)24(2)13-19-14-26-21(23-19)17-6-8-18(22)9-7-17/h4-11,14-15H,12-13H2,1-3H3. The molecule has 3 aromatic rings. The summed E-state index contributed by atoms with van der Waals surface area (Å²) in [5, 5.41) is 3.01. The van der Waals surface area contributed by atoms with Crippen molar-refractivity contribution < 1.29 is 9.13 Å². The second kappa shape index (κ2) is 8.43.